The number of benzene rings is 1. The first-order valence-electron chi connectivity index (χ1n) is 6.13. The molecule has 0 saturated heterocycles. The summed E-state index contributed by atoms with van der Waals surface area (Å²) in [5, 5.41) is 13.4. The Balaban J connectivity index is 1.94. The predicted molar refractivity (Wildman–Crippen MR) is 85.7 cm³/mol. The van der Waals surface area contributed by atoms with E-state index in [2.05, 4.69) is 14.5 Å². The van der Waals surface area contributed by atoms with Crippen molar-refractivity contribution >= 4 is 58.3 Å². The fourth-order valence-electron chi connectivity index (χ4n) is 1.54. The molecule has 1 heterocycles. The van der Waals surface area contributed by atoms with Crippen LogP contribution in [0.15, 0.2) is 28.7 Å². The molecule has 1 amide bonds. The zero-order valence-electron chi connectivity index (χ0n) is 11.5. The molecule has 126 valence electrons. The molecule has 0 aliphatic heterocycles. The highest BCUT2D eigenvalue weighted by molar-refractivity contribution is 6.44. The average Bonchev–Trinajstić information content (AvgIpc) is 3.00. The number of nitrogens with zero attached hydrogens (tertiary/aromatic N) is 1. The van der Waals surface area contributed by atoms with Crippen LogP contribution in [0.25, 0.3) is 0 Å². The molecule has 0 saturated carbocycles. The number of esters is 1. The Hall–Kier alpha value is -2.29. The number of nitro groups is 1. The van der Waals surface area contributed by atoms with Crippen LogP contribution >= 0.6 is 34.8 Å². The lowest BCUT2D eigenvalue weighted by molar-refractivity contribution is -0.402. The number of rotatable bonds is 5. The van der Waals surface area contributed by atoms with Gasteiger partial charge >= 0.3 is 11.9 Å². The largest absolute Gasteiger partial charge is 0.450 e. The number of hydrogen-bond donors (Lipinski definition) is 1. The van der Waals surface area contributed by atoms with E-state index in [-0.39, 0.29) is 20.8 Å². The van der Waals surface area contributed by atoms with Crippen molar-refractivity contribution in [1.82, 2.24) is 0 Å². The Morgan fingerprint density at radius 1 is 1.17 bits per heavy atom. The molecule has 1 aromatic heterocycles. The molecular formula is C13H7Cl3N2O6. The van der Waals surface area contributed by atoms with Gasteiger partial charge in [0, 0.05) is 0 Å². The van der Waals surface area contributed by atoms with Gasteiger partial charge < -0.3 is 14.5 Å². The molecule has 0 aliphatic rings. The van der Waals surface area contributed by atoms with E-state index in [0.717, 1.165) is 12.1 Å². The second-order valence-electron chi connectivity index (χ2n) is 4.27. The molecule has 0 atom stereocenters. The van der Waals surface area contributed by atoms with Crippen molar-refractivity contribution in [3.63, 3.8) is 0 Å². The first-order valence-corrected chi connectivity index (χ1v) is 7.27. The number of amides is 1. The van der Waals surface area contributed by atoms with Crippen molar-refractivity contribution in [2.24, 2.45) is 0 Å². The maximum Gasteiger partial charge on any atom is 0.433 e. The van der Waals surface area contributed by atoms with Gasteiger partial charge in [-0.1, -0.05) is 34.8 Å². The van der Waals surface area contributed by atoms with Crippen molar-refractivity contribution in [3.8, 4) is 0 Å². The average molecular weight is 394 g/mol. The van der Waals surface area contributed by atoms with E-state index in [0.29, 0.717) is 0 Å². The van der Waals surface area contributed by atoms with Crippen LogP contribution in [-0.2, 0) is 9.53 Å². The maximum atomic E-state index is 11.7. The summed E-state index contributed by atoms with van der Waals surface area (Å²) in [4.78, 5) is 33.0. The summed E-state index contributed by atoms with van der Waals surface area (Å²) in [6, 6.07) is 4.73. The van der Waals surface area contributed by atoms with E-state index < -0.39 is 35.1 Å². The lowest BCUT2D eigenvalue weighted by atomic mass is 10.3. The monoisotopic (exact) mass is 392 g/mol. The van der Waals surface area contributed by atoms with Crippen molar-refractivity contribution in [2.75, 3.05) is 11.9 Å². The van der Waals surface area contributed by atoms with Crippen LogP contribution in [0.2, 0.25) is 15.1 Å². The number of ether oxygens (including phenoxy) is 1. The van der Waals surface area contributed by atoms with Crippen LogP contribution in [0.5, 0.6) is 0 Å². The van der Waals surface area contributed by atoms with E-state index in [1.807, 2.05) is 0 Å². The van der Waals surface area contributed by atoms with Crippen LogP contribution in [0.1, 0.15) is 10.6 Å². The summed E-state index contributed by atoms with van der Waals surface area (Å²) in [7, 11) is 0. The summed E-state index contributed by atoms with van der Waals surface area (Å²) in [5.74, 6) is -2.75. The lowest BCUT2D eigenvalue weighted by Gasteiger charge is -2.08. The summed E-state index contributed by atoms with van der Waals surface area (Å²) < 4.78 is 9.33. The number of anilines is 1. The van der Waals surface area contributed by atoms with Gasteiger partial charge in [0.2, 0.25) is 5.76 Å². The number of furan rings is 1. The smallest absolute Gasteiger partial charge is 0.433 e. The highest BCUT2D eigenvalue weighted by Gasteiger charge is 2.19. The summed E-state index contributed by atoms with van der Waals surface area (Å²) in [6.07, 6.45) is 0. The second kappa shape index (κ2) is 7.52. The van der Waals surface area contributed by atoms with Gasteiger partial charge in [-0.2, -0.15) is 0 Å². The number of hydrogen-bond acceptors (Lipinski definition) is 6. The van der Waals surface area contributed by atoms with Crippen LogP contribution in [0.3, 0.4) is 0 Å². The van der Waals surface area contributed by atoms with Crippen molar-refractivity contribution in [2.45, 2.75) is 0 Å². The minimum absolute atomic E-state index is 0.144. The fraction of sp³-hybridized carbons (Fsp3) is 0.0769. The molecule has 24 heavy (non-hydrogen) atoms. The van der Waals surface area contributed by atoms with Gasteiger partial charge in [-0.3, -0.25) is 14.9 Å². The molecule has 11 heteroatoms. The van der Waals surface area contributed by atoms with Gasteiger partial charge in [-0.05, 0) is 18.2 Å². The third-order valence-corrected chi connectivity index (χ3v) is 3.63. The van der Waals surface area contributed by atoms with Crippen LogP contribution in [0, 0.1) is 10.1 Å². The van der Waals surface area contributed by atoms with E-state index in [9.17, 15) is 19.7 Å². The molecule has 2 rings (SSSR count). The molecular weight excluding hydrogens is 387 g/mol. The molecule has 2 aromatic rings. The summed E-state index contributed by atoms with van der Waals surface area (Å²) >= 11 is 17.5. The van der Waals surface area contributed by atoms with Gasteiger partial charge in [0.1, 0.15) is 4.92 Å². The van der Waals surface area contributed by atoms with Crippen molar-refractivity contribution in [1.29, 1.82) is 0 Å². The summed E-state index contributed by atoms with van der Waals surface area (Å²) in [6.45, 7) is -0.663. The Labute approximate surface area is 149 Å². The lowest BCUT2D eigenvalue weighted by Crippen LogP contribution is -2.21. The fourth-order valence-corrected chi connectivity index (χ4v) is 2.14. The topological polar surface area (TPSA) is 112 Å². The molecule has 0 fully saturated rings. The van der Waals surface area contributed by atoms with Gasteiger partial charge in [0.25, 0.3) is 5.91 Å². The zero-order chi connectivity index (χ0) is 17.9. The second-order valence-corrected chi connectivity index (χ2v) is 5.49. The van der Waals surface area contributed by atoms with E-state index in [1.165, 1.54) is 12.1 Å². The number of carbonyl (C=O) groups is 2. The molecule has 0 aliphatic carbocycles. The van der Waals surface area contributed by atoms with Gasteiger partial charge in [0.05, 0.1) is 26.8 Å². The number of halogens is 3. The summed E-state index contributed by atoms with van der Waals surface area (Å²) in [5.41, 5.74) is 0.181. The highest BCUT2D eigenvalue weighted by atomic mass is 35.5. The van der Waals surface area contributed by atoms with Gasteiger partial charge in [0.15, 0.2) is 6.61 Å². The predicted octanol–water partition coefficient (Wildman–Crippen LogP) is 3.94. The third kappa shape index (κ3) is 4.38. The molecule has 0 bridgehead atoms. The van der Waals surface area contributed by atoms with Crippen LogP contribution in [-0.4, -0.2) is 23.4 Å². The van der Waals surface area contributed by atoms with Gasteiger partial charge in [-0.15, -0.1) is 0 Å². The number of nitrogens with one attached hydrogen (secondary N) is 1. The van der Waals surface area contributed by atoms with Gasteiger partial charge in [-0.25, -0.2) is 4.79 Å². The van der Waals surface area contributed by atoms with E-state index in [1.54, 1.807) is 0 Å². The first-order chi connectivity index (χ1) is 11.3. The Bertz CT molecular complexity index is 820. The SMILES string of the molecule is O=C(COC(=O)c1ccc([N+](=O)[O-])o1)Nc1cc(Cl)c(Cl)cc1Cl. The molecule has 0 unspecified atom stereocenters. The molecule has 0 radical (unpaired) electrons. The Kier molecular flexibility index (Phi) is 5.66. The normalized spacial score (nSPS) is 10.3. The molecule has 8 nitrogen and oxygen atoms in total. The molecule has 1 aromatic carbocycles. The van der Waals surface area contributed by atoms with Crippen LogP contribution < -0.4 is 5.32 Å². The molecule has 1 N–H and O–H groups in total. The minimum Gasteiger partial charge on any atom is -0.450 e. The number of carbonyl (C=O) groups excluding carboxylic acids is 2. The van der Waals surface area contributed by atoms with Crippen molar-refractivity contribution in [3.05, 3.63) is 55.2 Å². The quantitative estimate of drug-likeness (QED) is 0.356. The van der Waals surface area contributed by atoms with E-state index >= 15 is 0 Å². The Morgan fingerprint density at radius 2 is 1.83 bits per heavy atom. The minimum atomic E-state index is -1.03. The Morgan fingerprint density at radius 3 is 2.46 bits per heavy atom. The van der Waals surface area contributed by atoms with Crippen LogP contribution in [0.4, 0.5) is 11.6 Å². The zero-order valence-corrected chi connectivity index (χ0v) is 13.8. The maximum absolute atomic E-state index is 11.7. The molecule has 0 spiro atoms. The first kappa shape index (κ1) is 18.1. The standard InChI is InChI=1S/C13H7Cl3N2O6/c14-6-3-8(16)9(4-7(6)15)17-11(19)5-23-13(20)10-1-2-12(24-10)18(21)22/h1-4H,5H2,(H,17,19). The highest BCUT2D eigenvalue weighted by Crippen LogP contribution is 2.32. The third-order valence-electron chi connectivity index (χ3n) is 2.59. The van der Waals surface area contributed by atoms with Crippen molar-refractivity contribution < 1.29 is 23.7 Å². The van der Waals surface area contributed by atoms with E-state index in [4.69, 9.17) is 34.8 Å².